The lowest BCUT2D eigenvalue weighted by Crippen LogP contribution is -2.34. The lowest BCUT2D eigenvalue weighted by atomic mass is 9.95. The quantitative estimate of drug-likeness (QED) is 0.720. The summed E-state index contributed by atoms with van der Waals surface area (Å²) in [5, 5.41) is 3.42. The van der Waals surface area contributed by atoms with E-state index in [0.717, 1.165) is 18.8 Å². The van der Waals surface area contributed by atoms with E-state index < -0.39 is 0 Å². The average Bonchev–Trinajstić information content (AvgIpc) is 2.28. The summed E-state index contributed by atoms with van der Waals surface area (Å²) in [6.07, 6.45) is 4.66. The molecular weight excluding hydrogens is 200 g/mol. The lowest BCUT2D eigenvalue weighted by molar-refractivity contribution is 0.176. The van der Waals surface area contributed by atoms with Gasteiger partial charge in [0.15, 0.2) is 0 Å². The fraction of sp³-hybridized carbons (Fsp3) is 0.615. The maximum Gasteiger partial charge on any atom is 0.137 e. The standard InChI is InChI=1S/C13H22N2O/c1-4-7-15-10-13(2,3)11-16-12-6-5-8-14-9-12/h5-6,8-9,15H,4,7,10-11H2,1-3H3. The molecule has 90 valence electrons. The van der Waals surface area contributed by atoms with Gasteiger partial charge in [0.25, 0.3) is 0 Å². The first-order valence-electron chi connectivity index (χ1n) is 5.87. The first kappa shape index (κ1) is 13.0. The number of nitrogens with zero attached hydrogens (tertiary/aromatic N) is 1. The van der Waals surface area contributed by atoms with Crippen molar-refractivity contribution >= 4 is 0 Å². The second kappa shape index (κ2) is 6.48. The van der Waals surface area contributed by atoms with Crippen molar-refractivity contribution in [2.24, 2.45) is 5.41 Å². The van der Waals surface area contributed by atoms with Gasteiger partial charge in [0.1, 0.15) is 5.75 Å². The summed E-state index contributed by atoms with van der Waals surface area (Å²) in [5.41, 5.74) is 0.144. The molecule has 0 saturated heterocycles. The summed E-state index contributed by atoms with van der Waals surface area (Å²) < 4.78 is 5.70. The Kier molecular flexibility index (Phi) is 5.26. The highest BCUT2D eigenvalue weighted by molar-refractivity contribution is 5.15. The molecule has 0 fully saturated rings. The predicted molar refractivity (Wildman–Crippen MR) is 66.7 cm³/mol. The molecule has 1 aromatic heterocycles. The topological polar surface area (TPSA) is 34.1 Å². The molecule has 1 N–H and O–H groups in total. The Labute approximate surface area is 98.2 Å². The van der Waals surface area contributed by atoms with Gasteiger partial charge in [-0.05, 0) is 25.1 Å². The van der Waals surface area contributed by atoms with Gasteiger partial charge in [-0.25, -0.2) is 0 Å². The van der Waals surface area contributed by atoms with Crippen LogP contribution in [-0.2, 0) is 0 Å². The van der Waals surface area contributed by atoms with Crippen molar-refractivity contribution < 1.29 is 4.74 Å². The van der Waals surface area contributed by atoms with Crippen molar-refractivity contribution in [2.45, 2.75) is 27.2 Å². The summed E-state index contributed by atoms with van der Waals surface area (Å²) >= 11 is 0. The third-order valence-electron chi connectivity index (χ3n) is 2.29. The van der Waals surface area contributed by atoms with Gasteiger partial charge in [0, 0.05) is 18.2 Å². The molecule has 0 unspecified atom stereocenters. The zero-order valence-corrected chi connectivity index (χ0v) is 10.5. The Balaban J connectivity index is 2.30. The second-order valence-electron chi connectivity index (χ2n) is 4.82. The zero-order chi connectivity index (χ0) is 11.9. The van der Waals surface area contributed by atoms with Gasteiger partial charge in [-0.15, -0.1) is 0 Å². The Hall–Kier alpha value is -1.09. The van der Waals surface area contributed by atoms with E-state index in [1.165, 1.54) is 6.42 Å². The molecule has 1 aromatic rings. The minimum absolute atomic E-state index is 0.144. The molecule has 1 heterocycles. The number of hydrogen-bond acceptors (Lipinski definition) is 3. The molecule has 0 saturated carbocycles. The van der Waals surface area contributed by atoms with Crippen LogP contribution in [0.1, 0.15) is 27.2 Å². The molecule has 0 amide bonds. The maximum atomic E-state index is 5.70. The molecule has 0 aliphatic carbocycles. The molecular formula is C13H22N2O. The number of nitrogens with one attached hydrogen (secondary N) is 1. The third kappa shape index (κ3) is 5.12. The summed E-state index contributed by atoms with van der Waals surface area (Å²) in [4.78, 5) is 4.02. The van der Waals surface area contributed by atoms with Crippen molar-refractivity contribution in [1.29, 1.82) is 0 Å². The highest BCUT2D eigenvalue weighted by Gasteiger charge is 2.18. The summed E-state index contributed by atoms with van der Waals surface area (Å²) in [7, 11) is 0. The van der Waals surface area contributed by atoms with E-state index in [-0.39, 0.29) is 5.41 Å². The van der Waals surface area contributed by atoms with Crippen LogP contribution in [0.5, 0.6) is 5.75 Å². The minimum Gasteiger partial charge on any atom is -0.491 e. The maximum absolute atomic E-state index is 5.70. The van der Waals surface area contributed by atoms with E-state index in [1.54, 1.807) is 12.4 Å². The van der Waals surface area contributed by atoms with Crippen LogP contribution < -0.4 is 10.1 Å². The first-order chi connectivity index (χ1) is 7.64. The lowest BCUT2D eigenvalue weighted by Gasteiger charge is -2.25. The largest absolute Gasteiger partial charge is 0.491 e. The Bertz CT molecular complexity index is 285. The van der Waals surface area contributed by atoms with Gasteiger partial charge >= 0.3 is 0 Å². The van der Waals surface area contributed by atoms with Crippen molar-refractivity contribution in [3.63, 3.8) is 0 Å². The number of hydrogen-bond donors (Lipinski definition) is 1. The molecule has 0 spiro atoms. The minimum atomic E-state index is 0.144. The average molecular weight is 222 g/mol. The van der Waals surface area contributed by atoms with Gasteiger partial charge in [-0.1, -0.05) is 20.8 Å². The molecule has 0 aromatic carbocycles. The third-order valence-corrected chi connectivity index (χ3v) is 2.29. The van der Waals surface area contributed by atoms with Crippen LogP contribution in [0.3, 0.4) is 0 Å². The van der Waals surface area contributed by atoms with E-state index in [1.807, 2.05) is 12.1 Å². The predicted octanol–water partition coefficient (Wildman–Crippen LogP) is 2.49. The molecule has 16 heavy (non-hydrogen) atoms. The highest BCUT2D eigenvalue weighted by Crippen LogP contribution is 2.16. The van der Waals surface area contributed by atoms with Gasteiger partial charge in [0.2, 0.25) is 0 Å². The molecule has 0 bridgehead atoms. The summed E-state index contributed by atoms with van der Waals surface area (Å²) in [6, 6.07) is 3.82. The second-order valence-corrected chi connectivity index (χ2v) is 4.82. The van der Waals surface area contributed by atoms with Crippen molar-refractivity contribution in [1.82, 2.24) is 10.3 Å². The normalized spacial score (nSPS) is 11.4. The van der Waals surface area contributed by atoms with Crippen LogP contribution in [0.2, 0.25) is 0 Å². The first-order valence-corrected chi connectivity index (χ1v) is 5.87. The fourth-order valence-corrected chi connectivity index (χ4v) is 1.37. The van der Waals surface area contributed by atoms with E-state index >= 15 is 0 Å². The molecule has 0 radical (unpaired) electrons. The molecule has 0 aliphatic heterocycles. The van der Waals surface area contributed by atoms with Gasteiger partial charge in [-0.3, -0.25) is 4.98 Å². The summed E-state index contributed by atoms with van der Waals surface area (Å²) in [5.74, 6) is 0.839. The van der Waals surface area contributed by atoms with Crippen LogP contribution in [-0.4, -0.2) is 24.7 Å². The van der Waals surface area contributed by atoms with Gasteiger partial charge < -0.3 is 10.1 Å². The number of ether oxygens (including phenoxy) is 1. The Morgan fingerprint density at radius 2 is 2.25 bits per heavy atom. The zero-order valence-electron chi connectivity index (χ0n) is 10.5. The molecule has 0 atom stereocenters. The van der Waals surface area contributed by atoms with Gasteiger partial charge in [0.05, 0.1) is 12.8 Å². The molecule has 3 nitrogen and oxygen atoms in total. The van der Waals surface area contributed by atoms with Crippen molar-refractivity contribution in [3.05, 3.63) is 24.5 Å². The van der Waals surface area contributed by atoms with Gasteiger partial charge in [-0.2, -0.15) is 0 Å². The van der Waals surface area contributed by atoms with Crippen LogP contribution in [0.25, 0.3) is 0 Å². The molecule has 0 aliphatic rings. The molecule has 1 rings (SSSR count). The fourth-order valence-electron chi connectivity index (χ4n) is 1.37. The number of aromatic nitrogens is 1. The highest BCUT2D eigenvalue weighted by atomic mass is 16.5. The number of rotatable bonds is 7. The van der Waals surface area contributed by atoms with E-state index in [0.29, 0.717) is 6.61 Å². The Morgan fingerprint density at radius 1 is 1.44 bits per heavy atom. The van der Waals surface area contributed by atoms with E-state index in [2.05, 4.69) is 31.1 Å². The van der Waals surface area contributed by atoms with Crippen LogP contribution in [0.4, 0.5) is 0 Å². The van der Waals surface area contributed by atoms with Crippen LogP contribution >= 0.6 is 0 Å². The van der Waals surface area contributed by atoms with Crippen LogP contribution in [0, 0.1) is 5.41 Å². The Morgan fingerprint density at radius 3 is 2.88 bits per heavy atom. The van der Waals surface area contributed by atoms with Crippen LogP contribution in [0.15, 0.2) is 24.5 Å². The SMILES string of the molecule is CCCNCC(C)(C)COc1cccnc1. The van der Waals surface area contributed by atoms with E-state index in [9.17, 15) is 0 Å². The summed E-state index contributed by atoms with van der Waals surface area (Å²) in [6.45, 7) is 9.32. The van der Waals surface area contributed by atoms with Crippen molar-refractivity contribution in [3.8, 4) is 5.75 Å². The molecule has 3 heteroatoms. The van der Waals surface area contributed by atoms with Crippen molar-refractivity contribution in [2.75, 3.05) is 19.7 Å². The number of pyridine rings is 1. The monoisotopic (exact) mass is 222 g/mol. The van der Waals surface area contributed by atoms with E-state index in [4.69, 9.17) is 4.74 Å². The smallest absolute Gasteiger partial charge is 0.137 e.